The van der Waals surface area contributed by atoms with Crippen molar-refractivity contribution in [2.75, 3.05) is 20.0 Å². The van der Waals surface area contributed by atoms with Crippen LogP contribution in [0.5, 0.6) is 0 Å². The number of ketones is 1. The molecule has 3 aromatic carbocycles. The zero-order valence-electron chi connectivity index (χ0n) is 48.7. The van der Waals surface area contributed by atoms with E-state index < -0.39 is 138 Å². The van der Waals surface area contributed by atoms with E-state index in [0.29, 0.717) is 17.5 Å². The van der Waals surface area contributed by atoms with Crippen LogP contribution in [-0.4, -0.2) is 127 Å². The third-order valence-corrected chi connectivity index (χ3v) is 16.0. The number of carbonyl (C=O) groups is 7. The van der Waals surface area contributed by atoms with Crippen molar-refractivity contribution in [2.24, 2.45) is 22.7 Å². The molecular formula is C62H79NO19. The zero-order valence-corrected chi connectivity index (χ0v) is 48.7. The molecule has 1 heterocycles. The highest BCUT2D eigenvalue weighted by Gasteiger charge is 2.79. The van der Waals surface area contributed by atoms with E-state index in [1.54, 1.807) is 120 Å². The summed E-state index contributed by atoms with van der Waals surface area (Å²) in [6.07, 6.45) is -12.6. The van der Waals surface area contributed by atoms with E-state index >= 15 is 9.59 Å². The first kappa shape index (κ1) is 62.7. The average molecular weight is 1140 g/mol. The van der Waals surface area contributed by atoms with Crippen LogP contribution in [0.15, 0.2) is 102 Å². The minimum Gasteiger partial charge on any atom is -0.456 e. The number of amides is 1. The summed E-state index contributed by atoms with van der Waals surface area (Å²) in [4.78, 5) is 102. The van der Waals surface area contributed by atoms with Crippen molar-refractivity contribution in [3.63, 3.8) is 0 Å². The van der Waals surface area contributed by atoms with Gasteiger partial charge in [0.05, 0.1) is 29.5 Å². The number of rotatable bonds is 21. The topological polar surface area (TPSA) is 253 Å². The van der Waals surface area contributed by atoms with Gasteiger partial charge in [-0.3, -0.25) is 9.59 Å². The van der Waals surface area contributed by atoms with E-state index in [1.807, 2.05) is 20.8 Å². The Hall–Kier alpha value is -6.87. The molecule has 3 fully saturated rings. The molecule has 7 rings (SSSR count). The first-order chi connectivity index (χ1) is 38.7. The van der Waals surface area contributed by atoms with Gasteiger partial charge in [0, 0.05) is 31.8 Å². The van der Waals surface area contributed by atoms with Crippen LogP contribution in [0.4, 0.5) is 14.4 Å². The van der Waals surface area contributed by atoms with Crippen molar-refractivity contribution in [3.8, 4) is 0 Å². The number of fused-ring (bicyclic) bond motifs is 5. The Morgan fingerprint density at radius 1 is 0.817 bits per heavy atom. The van der Waals surface area contributed by atoms with Crippen molar-refractivity contribution in [2.45, 2.75) is 181 Å². The molecule has 2 saturated carbocycles. The fraction of sp³-hybridized carbons (Fsp3) is 0.565. The average Bonchev–Trinajstić information content (AvgIpc) is 1.14. The Morgan fingerprint density at radius 2 is 1.40 bits per heavy atom. The molecule has 446 valence electrons. The molecule has 2 bridgehead atoms. The largest absolute Gasteiger partial charge is 0.509 e. The monoisotopic (exact) mass is 1140 g/mol. The number of Topliss-reactive ketones (excluding diaryl/α,β-unsaturated/α-hetero) is 1. The van der Waals surface area contributed by atoms with Gasteiger partial charge in [-0.05, 0) is 87.8 Å². The summed E-state index contributed by atoms with van der Waals surface area (Å²) in [5.41, 5.74) is -8.23. The summed E-state index contributed by atoms with van der Waals surface area (Å²) in [6.45, 7) is 17.0. The van der Waals surface area contributed by atoms with Gasteiger partial charge >= 0.3 is 36.3 Å². The van der Waals surface area contributed by atoms with Gasteiger partial charge in [0.15, 0.2) is 23.6 Å². The van der Waals surface area contributed by atoms with E-state index in [2.05, 4.69) is 5.32 Å². The maximum Gasteiger partial charge on any atom is 0.509 e. The molecule has 82 heavy (non-hydrogen) atoms. The second-order valence-electron chi connectivity index (χ2n) is 23.7. The number of ether oxygens (including phenoxy) is 11. The Morgan fingerprint density at radius 3 is 1.94 bits per heavy atom. The molecule has 20 nitrogen and oxygen atoms in total. The van der Waals surface area contributed by atoms with Gasteiger partial charge in [0.25, 0.3) is 0 Å². The van der Waals surface area contributed by atoms with Crippen LogP contribution in [0.3, 0.4) is 0 Å². The number of aliphatic hydroxyl groups is 1. The lowest BCUT2D eigenvalue weighted by Gasteiger charge is -2.67. The fourth-order valence-electron chi connectivity index (χ4n) is 11.9. The summed E-state index contributed by atoms with van der Waals surface area (Å²) in [6, 6.07) is 24.2. The number of carbonyl (C=O) groups excluding carboxylic acids is 7. The lowest BCUT2D eigenvalue weighted by molar-refractivity contribution is -0.346. The summed E-state index contributed by atoms with van der Waals surface area (Å²) in [5.74, 6) is -5.68. The summed E-state index contributed by atoms with van der Waals surface area (Å²) >= 11 is 0. The standard InChI is InChI=1S/C62H79NO19/c1-12-13-29-72-36-76-48(43(30-37(2)3)63-55(68)82-58(6,7)8)54(67)77-44-32-62(71)52(80-53(66)42-27-21-16-22-28-42)50-60(11,51(65)49(47(38(44)4)59(62,9)10)79-57(70)74-34-41-25-19-15-20-26-41)45(31-46-61(50,35-75-46)81-39(5)64)78-56(69)73-33-40-23-17-14-18-24-40/h14-28,37,43-46,48-50,52,71H,12-13,29-36H2,1-11H3,(H,63,68)/t43-,44-,45-,46+,48?,49?,50-,52-,60+,61-,62+/m0/s1. The molecule has 1 amide bonds. The van der Waals surface area contributed by atoms with Crippen LogP contribution in [0.25, 0.3) is 0 Å². The van der Waals surface area contributed by atoms with Gasteiger partial charge in [-0.25, -0.2) is 24.0 Å². The minimum absolute atomic E-state index is 0.0259. The van der Waals surface area contributed by atoms with E-state index in [0.717, 1.165) is 13.3 Å². The van der Waals surface area contributed by atoms with Crippen molar-refractivity contribution in [1.29, 1.82) is 0 Å². The number of hydrogen-bond donors (Lipinski definition) is 2. The fourth-order valence-corrected chi connectivity index (χ4v) is 11.9. The number of esters is 3. The normalized spacial score (nSPS) is 27.1. The smallest absolute Gasteiger partial charge is 0.456 e. The van der Waals surface area contributed by atoms with E-state index in [4.69, 9.17) is 52.1 Å². The van der Waals surface area contributed by atoms with Gasteiger partial charge in [-0.2, -0.15) is 0 Å². The lowest BCUT2D eigenvalue weighted by Crippen LogP contribution is -2.82. The summed E-state index contributed by atoms with van der Waals surface area (Å²) < 4.78 is 67.0. The number of alkyl carbamates (subject to hydrolysis) is 1. The summed E-state index contributed by atoms with van der Waals surface area (Å²) in [7, 11) is 0. The number of hydrogen-bond acceptors (Lipinski definition) is 19. The molecule has 3 aromatic rings. The Balaban J connectivity index is 1.44. The number of unbranched alkanes of at least 4 members (excludes halogenated alkanes) is 1. The highest BCUT2D eigenvalue weighted by Crippen LogP contribution is 2.65. The molecule has 0 aromatic heterocycles. The maximum absolute atomic E-state index is 16.7. The lowest BCUT2D eigenvalue weighted by atomic mass is 9.44. The molecule has 20 heteroatoms. The molecule has 1 aliphatic heterocycles. The highest BCUT2D eigenvalue weighted by atomic mass is 16.7. The quantitative estimate of drug-likeness (QED) is 0.0331. The van der Waals surface area contributed by atoms with Gasteiger partial charge in [0.2, 0.25) is 0 Å². The van der Waals surface area contributed by atoms with Gasteiger partial charge in [-0.15, -0.1) is 0 Å². The molecule has 1 saturated heterocycles. The molecule has 0 spiro atoms. The predicted molar refractivity (Wildman–Crippen MR) is 293 cm³/mol. The van der Waals surface area contributed by atoms with Gasteiger partial charge in [0.1, 0.15) is 55.6 Å². The Labute approximate surface area is 479 Å². The highest BCUT2D eigenvalue weighted by molar-refractivity contribution is 5.95. The Kier molecular flexibility index (Phi) is 20.0. The maximum atomic E-state index is 16.7. The third-order valence-electron chi connectivity index (χ3n) is 16.0. The number of benzene rings is 3. The first-order valence-corrected chi connectivity index (χ1v) is 27.9. The van der Waals surface area contributed by atoms with Crippen molar-refractivity contribution in [3.05, 3.63) is 119 Å². The van der Waals surface area contributed by atoms with Gasteiger partial charge < -0.3 is 62.5 Å². The van der Waals surface area contributed by atoms with E-state index in [1.165, 1.54) is 19.1 Å². The van der Waals surface area contributed by atoms with Crippen LogP contribution in [0.2, 0.25) is 0 Å². The van der Waals surface area contributed by atoms with Crippen LogP contribution in [-0.2, 0) is 79.7 Å². The SMILES string of the molecule is CCCCOCOC(C(=O)O[C@H]1C[C@@]2(O)[C@@H](OC(=O)c3ccccc3)[C@@H]3[C@]4(OC(C)=O)CO[C@@H]4C[C@H](OC(=O)OCc4ccccc4)[C@@]3(C)C(=O)C(OC(=O)OCc3ccccc3)C(=C1C)C2(C)C)[C@H](CC(C)C)NC(=O)OC(C)(C)C. The van der Waals surface area contributed by atoms with Crippen molar-refractivity contribution in [1.82, 2.24) is 5.32 Å². The van der Waals surface area contributed by atoms with E-state index in [-0.39, 0.29) is 55.3 Å². The summed E-state index contributed by atoms with van der Waals surface area (Å²) in [5, 5.41) is 17.2. The molecule has 3 aliphatic carbocycles. The van der Waals surface area contributed by atoms with Crippen LogP contribution < -0.4 is 5.32 Å². The molecule has 0 radical (unpaired) electrons. The first-order valence-electron chi connectivity index (χ1n) is 27.9. The minimum atomic E-state index is -2.53. The van der Waals surface area contributed by atoms with Crippen LogP contribution in [0.1, 0.15) is 130 Å². The van der Waals surface area contributed by atoms with Crippen LogP contribution >= 0.6 is 0 Å². The Bertz CT molecular complexity index is 2780. The van der Waals surface area contributed by atoms with Crippen molar-refractivity contribution < 1.29 is 90.8 Å². The molecule has 2 N–H and O–H groups in total. The van der Waals surface area contributed by atoms with Gasteiger partial charge in [-0.1, -0.05) is 120 Å². The second-order valence-corrected chi connectivity index (χ2v) is 23.7. The van der Waals surface area contributed by atoms with Crippen LogP contribution in [0, 0.1) is 22.7 Å². The zero-order chi connectivity index (χ0) is 59.8. The molecule has 2 unspecified atom stereocenters. The predicted octanol–water partition coefficient (Wildman–Crippen LogP) is 9.45. The molecule has 4 aliphatic rings. The number of nitrogens with one attached hydrogen (secondary N) is 1. The van der Waals surface area contributed by atoms with Crippen molar-refractivity contribution >= 4 is 42.1 Å². The molecule has 11 atom stereocenters. The molecular weight excluding hydrogens is 1060 g/mol. The second kappa shape index (κ2) is 26.1. The third kappa shape index (κ3) is 13.8. The van der Waals surface area contributed by atoms with E-state index in [9.17, 15) is 29.1 Å².